The molecule has 0 spiro atoms. The molecule has 1 N–H and O–H groups in total. The third kappa shape index (κ3) is 4.53. The predicted molar refractivity (Wildman–Crippen MR) is 87.6 cm³/mol. The van der Waals surface area contributed by atoms with Crippen LogP contribution in [0.4, 0.5) is 0 Å². The van der Waals surface area contributed by atoms with Crippen molar-refractivity contribution in [2.75, 3.05) is 0 Å². The summed E-state index contributed by atoms with van der Waals surface area (Å²) in [5, 5.41) is 3.62. The quantitative estimate of drug-likeness (QED) is 0.920. The topological polar surface area (TPSA) is 54.9 Å². The van der Waals surface area contributed by atoms with Crippen molar-refractivity contribution >= 4 is 17.5 Å². The van der Waals surface area contributed by atoms with Gasteiger partial charge < -0.3 is 5.32 Å². The van der Waals surface area contributed by atoms with E-state index in [0.29, 0.717) is 23.8 Å². The number of aromatic nitrogens is 2. The first-order valence-electron chi connectivity index (χ1n) is 7.18. The number of aryl methyl sites for hydroxylation is 1. The summed E-state index contributed by atoms with van der Waals surface area (Å²) in [6.45, 7) is 6.08. The van der Waals surface area contributed by atoms with Crippen molar-refractivity contribution in [1.29, 1.82) is 0 Å². The Morgan fingerprint density at radius 3 is 2.77 bits per heavy atom. The Kier molecular flexibility index (Phi) is 5.14. The second kappa shape index (κ2) is 6.88. The van der Waals surface area contributed by atoms with Crippen molar-refractivity contribution in [2.24, 2.45) is 5.41 Å². The zero-order valence-corrected chi connectivity index (χ0v) is 13.8. The van der Waals surface area contributed by atoms with Gasteiger partial charge in [-0.1, -0.05) is 37.6 Å². The molecular formula is C17H20ClN3O. The van der Waals surface area contributed by atoms with Gasteiger partial charge in [-0.2, -0.15) is 0 Å². The molecule has 1 heterocycles. The highest BCUT2D eigenvalue weighted by Crippen LogP contribution is 2.24. The van der Waals surface area contributed by atoms with Crippen LogP contribution in [-0.2, 0) is 17.8 Å². The largest absolute Gasteiger partial charge is 0.350 e. The molecule has 2 rings (SSSR count). The Balaban J connectivity index is 1.98. The maximum absolute atomic E-state index is 12.4. The van der Waals surface area contributed by atoms with Gasteiger partial charge in [0.15, 0.2) is 0 Å². The molecule has 0 saturated heterocycles. The van der Waals surface area contributed by atoms with Crippen molar-refractivity contribution < 1.29 is 4.79 Å². The van der Waals surface area contributed by atoms with Gasteiger partial charge in [-0.3, -0.25) is 4.79 Å². The monoisotopic (exact) mass is 317 g/mol. The second-order valence-corrected chi connectivity index (χ2v) is 6.40. The summed E-state index contributed by atoms with van der Waals surface area (Å²) < 4.78 is 0. The number of benzene rings is 1. The van der Waals surface area contributed by atoms with Crippen LogP contribution in [0.2, 0.25) is 5.02 Å². The normalized spacial score (nSPS) is 11.3. The van der Waals surface area contributed by atoms with Crippen molar-refractivity contribution in [3.05, 3.63) is 58.6 Å². The number of nitrogens with zero attached hydrogens (tertiary/aromatic N) is 2. The molecule has 0 aliphatic rings. The first-order chi connectivity index (χ1) is 10.4. The van der Waals surface area contributed by atoms with Crippen molar-refractivity contribution in [3.63, 3.8) is 0 Å². The summed E-state index contributed by atoms with van der Waals surface area (Å²) in [4.78, 5) is 20.7. The molecule has 0 fully saturated rings. The number of hydrogen-bond donors (Lipinski definition) is 1. The van der Waals surface area contributed by atoms with Gasteiger partial charge in [-0.05, 0) is 37.1 Å². The van der Waals surface area contributed by atoms with E-state index < -0.39 is 5.41 Å². The molecule has 1 amide bonds. The van der Waals surface area contributed by atoms with Crippen LogP contribution in [0.15, 0.2) is 36.5 Å². The smallest absolute Gasteiger partial charge is 0.226 e. The molecule has 5 heteroatoms. The summed E-state index contributed by atoms with van der Waals surface area (Å²) in [5.74, 6) is 0.689. The Morgan fingerprint density at radius 1 is 1.32 bits per heavy atom. The van der Waals surface area contributed by atoms with E-state index in [9.17, 15) is 4.79 Å². The van der Waals surface area contributed by atoms with Gasteiger partial charge in [0.1, 0.15) is 5.82 Å². The van der Waals surface area contributed by atoms with Gasteiger partial charge in [0.25, 0.3) is 0 Å². The molecule has 1 aromatic heterocycles. The Bertz CT molecular complexity index is 670. The highest BCUT2D eigenvalue weighted by Gasteiger charge is 2.27. The van der Waals surface area contributed by atoms with Crippen molar-refractivity contribution in [3.8, 4) is 0 Å². The summed E-state index contributed by atoms with van der Waals surface area (Å²) in [6.07, 6.45) is 2.32. The number of halogens is 1. The number of carbonyl (C=O) groups excluding carboxylic acids is 1. The molecule has 2 aromatic rings. The lowest BCUT2D eigenvalue weighted by molar-refractivity contribution is -0.129. The molecule has 0 atom stereocenters. The molecule has 0 aliphatic carbocycles. The molecule has 0 unspecified atom stereocenters. The standard InChI is InChI=1S/C17H20ClN3O/c1-12-19-8-7-15(21-12)11-20-16(22)17(2,3)10-13-5-4-6-14(18)9-13/h4-9H,10-11H2,1-3H3,(H,20,22). The van der Waals surface area contributed by atoms with Gasteiger partial charge >= 0.3 is 0 Å². The highest BCUT2D eigenvalue weighted by molar-refractivity contribution is 6.30. The number of carbonyl (C=O) groups is 1. The summed E-state index contributed by atoms with van der Waals surface area (Å²) >= 11 is 5.99. The average Bonchev–Trinajstić information content (AvgIpc) is 2.44. The fraction of sp³-hybridized carbons (Fsp3) is 0.353. The van der Waals surface area contributed by atoms with E-state index in [1.165, 1.54) is 0 Å². The van der Waals surface area contributed by atoms with E-state index in [4.69, 9.17) is 11.6 Å². The Hall–Kier alpha value is -1.94. The first-order valence-corrected chi connectivity index (χ1v) is 7.56. The zero-order chi connectivity index (χ0) is 16.2. The highest BCUT2D eigenvalue weighted by atomic mass is 35.5. The molecule has 0 bridgehead atoms. The third-order valence-corrected chi connectivity index (χ3v) is 3.65. The average molecular weight is 318 g/mol. The Labute approximate surface area is 135 Å². The maximum Gasteiger partial charge on any atom is 0.226 e. The zero-order valence-electron chi connectivity index (χ0n) is 13.1. The molecule has 116 valence electrons. The van der Waals surface area contributed by atoms with Crippen LogP contribution in [0, 0.1) is 12.3 Å². The molecule has 0 saturated carbocycles. The molecule has 0 aliphatic heterocycles. The number of hydrogen-bond acceptors (Lipinski definition) is 3. The van der Waals surface area contributed by atoms with Gasteiger partial charge in [-0.25, -0.2) is 9.97 Å². The number of nitrogens with one attached hydrogen (secondary N) is 1. The van der Waals surface area contributed by atoms with Crippen LogP contribution in [0.3, 0.4) is 0 Å². The SMILES string of the molecule is Cc1nccc(CNC(=O)C(C)(C)Cc2cccc(Cl)c2)n1. The van der Waals surface area contributed by atoms with Crippen LogP contribution < -0.4 is 5.32 Å². The lowest BCUT2D eigenvalue weighted by Crippen LogP contribution is -2.38. The minimum Gasteiger partial charge on any atom is -0.350 e. The molecule has 4 nitrogen and oxygen atoms in total. The minimum absolute atomic E-state index is 0.0104. The van der Waals surface area contributed by atoms with E-state index in [1.54, 1.807) is 12.3 Å². The second-order valence-electron chi connectivity index (χ2n) is 5.97. The Morgan fingerprint density at radius 2 is 2.09 bits per heavy atom. The maximum atomic E-state index is 12.4. The van der Waals surface area contributed by atoms with Gasteiger partial charge in [0, 0.05) is 16.6 Å². The molecule has 1 aromatic carbocycles. The predicted octanol–water partition coefficient (Wildman–Crippen LogP) is 3.32. The van der Waals surface area contributed by atoms with Gasteiger partial charge in [0.2, 0.25) is 5.91 Å². The fourth-order valence-corrected chi connectivity index (χ4v) is 2.46. The van der Waals surface area contributed by atoms with Crippen molar-refractivity contribution in [2.45, 2.75) is 33.7 Å². The fourth-order valence-electron chi connectivity index (χ4n) is 2.25. The van der Waals surface area contributed by atoms with E-state index >= 15 is 0 Å². The van der Waals surface area contributed by atoms with E-state index in [0.717, 1.165) is 11.3 Å². The molecule has 22 heavy (non-hydrogen) atoms. The number of amides is 1. The first kappa shape index (κ1) is 16.4. The van der Waals surface area contributed by atoms with Gasteiger partial charge in [0.05, 0.1) is 12.2 Å². The van der Waals surface area contributed by atoms with Crippen LogP contribution in [0.25, 0.3) is 0 Å². The van der Waals surface area contributed by atoms with E-state index in [2.05, 4.69) is 15.3 Å². The summed E-state index contributed by atoms with van der Waals surface area (Å²) in [6, 6.07) is 9.40. The van der Waals surface area contributed by atoms with Crippen LogP contribution in [-0.4, -0.2) is 15.9 Å². The lowest BCUT2D eigenvalue weighted by atomic mass is 9.85. The summed E-state index contributed by atoms with van der Waals surface area (Å²) in [7, 11) is 0. The van der Waals surface area contributed by atoms with E-state index in [-0.39, 0.29) is 5.91 Å². The summed E-state index contributed by atoms with van der Waals surface area (Å²) in [5.41, 5.74) is 1.33. The minimum atomic E-state index is -0.521. The molecular weight excluding hydrogens is 298 g/mol. The third-order valence-electron chi connectivity index (χ3n) is 3.41. The van der Waals surface area contributed by atoms with Crippen LogP contribution in [0.1, 0.15) is 30.9 Å². The van der Waals surface area contributed by atoms with Crippen LogP contribution >= 0.6 is 11.6 Å². The number of rotatable bonds is 5. The van der Waals surface area contributed by atoms with E-state index in [1.807, 2.05) is 45.0 Å². The van der Waals surface area contributed by atoms with Crippen molar-refractivity contribution in [1.82, 2.24) is 15.3 Å². The van der Waals surface area contributed by atoms with Crippen LogP contribution in [0.5, 0.6) is 0 Å². The van der Waals surface area contributed by atoms with Gasteiger partial charge in [-0.15, -0.1) is 0 Å². The lowest BCUT2D eigenvalue weighted by Gasteiger charge is -2.23. The molecule has 0 radical (unpaired) electrons.